The zero-order valence-corrected chi connectivity index (χ0v) is 14.4. The molecule has 1 saturated heterocycles. The van der Waals surface area contributed by atoms with Crippen LogP contribution in [0.1, 0.15) is 38.8 Å². The van der Waals surface area contributed by atoms with E-state index in [0.29, 0.717) is 11.6 Å². The second-order valence-corrected chi connectivity index (χ2v) is 6.49. The quantitative estimate of drug-likeness (QED) is 0.800. The van der Waals surface area contributed by atoms with Crippen LogP contribution in [0.5, 0.6) is 0 Å². The summed E-state index contributed by atoms with van der Waals surface area (Å²) in [6, 6.07) is 3.66. The van der Waals surface area contributed by atoms with E-state index in [1.165, 1.54) is 0 Å². The molecule has 2 rings (SSSR count). The Hall–Kier alpha value is -1.61. The van der Waals surface area contributed by atoms with Crippen LogP contribution in [0.15, 0.2) is 24.8 Å². The van der Waals surface area contributed by atoms with Crippen LogP contribution in [-0.2, 0) is 0 Å². The zero-order chi connectivity index (χ0) is 16.4. The van der Waals surface area contributed by atoms with Gasteiger partial charge in [-0.1, -0.05) is 26.5 Å². The van der Waals surface area contributed by atoms with Gasteiger partial charge in [-0.3, -0.25) is 4.90 Å². The fourth-order valence-corrected chi connectivity index (χ4v) is 2.78. The van der Waals surface area contributed by atoms with Crippen molar-refractivity contribution in [3.05, 3.63) is 41.7 Å². The topological polar surface area (TPSA) is 6.48 Å². The smallest absolute Gasteiger partial charge is 0.147 e. The van der Waals surface area contributed by atoms with E-state index in [1.54, 1.807) is 6.07 Å². The Morgan fingerprint density at radius 2 is 1.95 bits per heavy atom. The summed E-state index contributed by atoms with van der Waals surface area (Å²) in [6.45, 7) is 15.1. The van der Waals surface area contributed by atoms with Crippen molar-refractivity contribution >= 4 is 16.8 Å². The third-order valence-electron chi connectivity index (χ3n) is 4.49. The van der Waals surface area contributed by atoms with Gasteiger partial charge < -0.3 is 4.90 Å². The maximum Gasteiger partial charge on any atom is 0.147 e. The van der Waals surface area contributed by atoms with Gasteiger partial charge in [0.1, 0.15) is 5.82 Å². The van der Waals surface area contributed by atoms with Crippen LogP contribution < -0.4 is 4.90 Å². The number of hydrogen-bond acceptors (Lipinski definition) is 2. The summed E-state index contributed by atoms with van der Waals surface area (Å²) in [7, 11) is 2.06. The van der Waals surface area contributed by atoms with Gasteiger partial charge >= 0.3 is 0 Å². The summed E-state index contributed by atoms with van der Waals surface area (Å²) in [5.41, 5.74) is 4.85. The maximum atomic E-state index is 14.7. The number of halogens is 1. The van der Waals surface area contributed by atoms with Crippen LogP contribution in [0.3, 0.4) is 0 Å². The van der Waals surface area contributed by atoms with E-state index < -0.39 is 0 Å². The molecule has 1 aromatic rings. The van der Waals surface area contributed by atoms with Crippen molar-refractivity contribution in [1.82, 2.24) is 4.90 Å². The van der Waals surface area contributed by atoms with Crippen molar-refractivity contribution < 1.29 is 4.39 Å². The predicted molar refractivity (Wildman–Crippen MR) is 94.4 cm³/mol. The summed E-state index contributed by atoms with van der Waals surface area (Å²) < 4.78 is 14.7. The van der Waals surface area contributed by atoms with Gasteiger partial charge in [-0.25, -0.2) is 4.39 Å². The third-order valence-corrected chi connectivity index (χ3v) is 4.49. The van der Waals surface area contributed by atoms with Gasteiger partial charge in [-0.2, -0.15) is 0 Å². The second-order valence-electron chi connectivity index (χ2n) is 6.49. The van der Waals surface area contributed by atoms with Gasteiger partial charge in [0, 0.05) is 13.1 Å². The SMILES string of the molecule is C=C(c1cc(N2CCN(C)C2)c(F)cc1/C(C)=C/C)C(C)C. The molecule has 120 valence electrons. The molecule has 0 spiro atoms. The minimum Gasteiger partial charge on any atom is -0.355 e. The van der Waals surface area contributed by atoms with Crippen LogP contribution >= 0.6 is 0 Å². The Morgan fingerprint density at radius 3 is 2.45 bits per heavy atom. The van der Waals surface area contributed by atoms with Gasteiger partial charge in [0.15, 0.2) is 0 Å². The van der Waals surface area contributed by atoms with Crippen molar-refractivity contribution in [2.45, 2.75) is 27.7 Å². The Balaban J connectivity index is 2.54. The van der Waals surface area contributed by atoms with E-state index in [2.05, 4.69) is 37.3 Å². The molecule has 0 N–H and O–H groups in total. The normalized spacial score (nSPS) is 16.7. The van der Waals surface area contributed by atoms with Gasteiger partial charge in [0.25, 0.3) is 0 Å². The number of benzene rings is 1. The standard InChI is InChI=1S/C19H27FN2/c1-7-14(4)16-10-18(20)19(22-9-8-21(6)12-22)11-17(16)15(5)13(2)3/h7,10-11,13H,5,8-9,12H2,1-4,6H3/b14-7+. The maximum absolute atomic E-state index is 14.7. The van der Waals surface area contributed by atoms with Crippen LogP contribution in [0.4, 0.5) is 10.1 Å². The number of likely N-dealkylation sites (N-methyl/N-ethyl adjacent to an activating group) is 1. The molecule has 0 bridgehead atoms. The van der Waals surface area contributed by atoms with Gasteiger partial charge in [-0.05, 0) is 61.2 Å². The van der Waals surface area contributed by atoms with Gasteiger partial charge in [0.2, 0.25) is 0 Å². The summed E-state index contributed by atoms with van der Waals surface area (Å²) >= 11 is 0. The molecular weight excluding hydrogens is 275 g/mol. The number of rotatable bonds is 4. The molecule has 0 saturated carbocycles. The molecule has 0 amide bonds. The summed E-state index contributed by atoms with van der Waals surface area (Å²) in [5.74, 6) is 0.190. The molecule has 0 atom stereocenters. The van der Waals surface area contributed by atoms with E-state index in [1.807, 2.05) is 26.0 Å². The Bertz CT molecular complexity index is 602. The Kier molecular flexibility index (Phi) is 5.07. The summed E-state index contributed by atoms with van der Waals surface area (Å²) in [6.07, 6.45) is 2.02. The van der Waals surface area contributed by atoms with Gasteiger partial charge in [-0.15, -0.1) is 0 Å². The molecule has 0 unspecified atom stereocenters. The lowest BCUT2D eigenvalue weighted by Gasteiger charge is -2.23. The first kappa shape index (κ1) is 16.8. The minimum absolute atomic E-state index is 0.146. The molecule has 1 aliphatic rings. The molecule has 22 heavy (non-hydrogen) atoms. The van der Waals surface area contributed by atoms with Crippen molar-refractivity contribution in [3.63, 3.8) is 0 Å². The molecule has 1 heterocycles. The fraction of sp³-hybridized carbons (Fsp3) is 0.474. The van der Waals surface area contributed by atoms with Crippen LogP contribution in [-0.4, -0.2) is 31.7 Å². The summed E-state index contributed by atoms with van der Waals surface area (Å²) in [4.78, 5) is 4.29. The van der Waals surface area contributed by atoms with E-state index >= 15 is 0 Å². The molecule has 3 heteroatoms. The highest BCUT2D eigenvalue weighted by atomic mass is 19.1. The van der Waals surface area contributed by atoms with E-state index in [4.69, 9.17) is 0 Å². The lowest BCUT2D eigenvalue weighted by atomic mass is 9.89. The number of allylic oxidation sites excluding steroid dienone is 3. The van der Waals surface area contributed by atoms with Crippen molar-refractivity contribution in [1.29, 1.82) is 0 Å². The Morgan fingerprint density at radius 1 is 1.27 bits per heavy atom. The molecule has 0 aromatic heterocycles. The number of nitrogens with zero attached hydrogens (tertiary/aromatic N) is 2. The van der Waals surface area contributed by atoms with E-state index in [9.17, 15) is 4.39 Å². The van der Waals surface area contributed by atoms with Crippen LogP contribution in [0, 0.1) is 11.7 Å². The van der Waals surface area contributed by atoms with Crippen LogP contribution in [0.25, 0.3) is 11.1 Å². The van der Waals surface area contributed by atoms with Crippen molar-refractivity contribution in [2.75, 3.05) is 31.7 Å². The number of anilines is 1. The molecule has 1 fully saturated rings. The highest BCUT2D eigenvalue weighted by Crippen LogP contribution is 2.34. The Labute approximate surface area is 133 Å². The summed E-state index contributed by atoms with van der Waals surface area (Å²) in [5, 5.41) is 0. The first-order valence-electron chi connectivity index (χ1n) is 7.94. The highest BCUT2D eigenvalue weighted by molar-refractivity contribution is 5.81. The largest absolute Gasteiger partial charge is 0.355 e. The molecule has 0 aliphatic carbocycles. The van der Waals surface area contributed by atoms with E-state index in [-0.39, 0.29) is 5.82 Å². The minimum atomic E-state index is -0.146. The predicted octanol–water partition coefficient (Wildman–Crippen LogP) is 4.63. The highest BCUT2D eigenvalue weighted by Gasteiger charge is 2.22. The monoisotopic (exact) mass is 302 g/mol. The van der Waals surface area contributed by atoms with E-state index in [0.717, 1.165) is 42.0 Å². The molecule has 1 aromatic carbocycles. The molecular formula is C19H27FN2. The third kappa shape index (κ3) is 3.25. The lowest BCUT2D eigenvalue weighted by molar-refractivity contribution is 0.420. The zero-order valence-electron chi connectivity index (χ0n) is 14.4. The molecule has 1 aliphatic heterocycles. The lowest BCUT2D eigenvalue weighted by Crippen LogP contribution is -2.23. The first-order valence-corrected chi connectivity index (χ1v) is 7.94. The van der Waals surface area contributed by atoms with Crippen LogP contribution in [0.2, 0.25) is 0 Å². The van der Waals surface area contributed by atoms with Gasteiger partial charge in [0.05, 0.1) is 12.4 Å². The first-order chi connectivity index (χ1) is 10.3. The fourth-order valence-electron chi connectivity index (χ4n) is 2.78. The van der Waals surface area contributed by atoms with Crippen molar-refractivity contribution in [2.24, 2.45) is 5.92 Å². The molecule has 2 nitrogen and oxygen atoms in total. The average molecular weight is 302 g/mol. The average Bonchev–Trinajstić information content (AvgIpc) is 2.91. The second kappa shape index (κ2) is 6.66. The van der Waals surface area contributed by atoms with Crippen molar-refractivity contribution in [3.8, 4) is 0 Å². The number of hydrogen-bond donors (Lipinski definition) is 0. The molecule has 0 radical (unpaired) electrons.